The number of carbonyl (C=O) groups excluding carboxylic acids is 1. The molecule has 0 aliphatic heterocycles. The summed E-state index contributed by atoms with van der Waals surface area (Å²) in [7, 11) is 1.22. The number of benzene rings is 2. The molecule has 0 aliphatic carbocycles. The summed E-state index contributed by atoms with van der Waals surface area (Å²) in [6.45, 7) is 1.87. The first-order chi connectivity index (χ1) is 9.95. The highest BCUT2D eigenvalue weighted by Crippen LogP contribution is 2.34. The van der Waals surface area contributed by atoms with Crippen molar-refractivity contribution in [1.82, 2.24) is 0 Å². The van der Waals surface area contributed by atoms with Gasteiger partial charge < -0.3 is 15.8 Å². The van der Waals surface area contributed by atoms with Crippen LogP contribution in [0.25, 0.3) is 0 Å². The lowest BCUT2D eigenvalue weighted by Gasteiger charge is -2.16. The highest BCUT2D eigenvalue weighted by atomic mass is 32.1. The summed E-state index contributed by atoms with van der Waals surface area (Å²) < 4.78 is 19.1. The summed E-state index contributed by atoms with van der Waals surface area (Å²) in [5.41, 5.74) is 7.33. The molecule has 3 N–H and O–H groups in total. The molecule has 2 rings (SSSR count). The number of nitrogens with one attached hydrogen (secondary N) is 1. The van der Waals surface area contributed by atoms with Gasteiger partial charge in [-0.15, -0.1) is 12.6 Å². The van der Waals surface area contributed by atoms with Gasteiger partial charge in [0.15, 0.2) is 5.82 Å². The van der Waals surface area contributed by atoms with E-state index in [4.69, 9.17) is 5.73 Å². The minimum atomic E-state index is -0.693. The van der Waals surface area contributed by atoms with Gasteiger partial charge in [0.05, 0.1) is 23.3 Å². The molecular formula is C15H15FN2O2S. The molecule has 0 aliphatic rings. The van der Waals surface area contributed by atoms with Crippen molar-refractivity contribution < 1.29 is 13.9 Å². The van der Waals surface area contributed by atoms with Crippen LogP contribution in [0.5, 0.6) is 0 Å². The van der Waals surface area contributed by atoms with Crippen molar-refractivity contribution in [3.63, 3.8) is 0 Å². The average molecular weight is 306 g/mol. The van der Waals surface area contributed by atoms with E-state index < -0.39 is 11.8 Å². The van der Waals surface area contributed by atoms with E-state index in [0.29, 0.717) is 5.69 Å². The average Bonchev–Trinajstić information content (AvgIpc) is 2.48. The minimum absolute atomic E-state index is 0.00431. The Kier molecular flexibility index (Phi) is 4.37. The number of aryl methyl sites for hydroxylation is 1. The van der Waals surface area contributed by atoms with Gasteiger partial charge in [-0.05, 0) is 24.6 Å². The lowest BCUT2D eigenvalue weighted by Crippen LogP contribution is -2.10. The fourth-order valence-electron chi connectivity index (χ4n) is 1.90. The summed E-state index contributed by atoms with van der Waals surface area (Å²) in [4.78, 5) is 11.8. The molecule has 0 spiro atoms. The molecule has 0 fully saturated rings. The predicted molar refractivity (Wildman–Crippen MR) is 83.9 cm³/mol. The molecule has 0 amide bonds. The van der Waals surface area contributed by atoms with Crippen LogP contribution in [-0.4, -0.2) is 13.1 Å². The molecule has 2 aromatic rings. The predicted octanol–water partition coefficient (Wildman–Crippen LogP) is 3.54. The summed E-state index contributed by atoms with van der Waals surface area (Å²) >= 11 is 4.03. The van der Waals surface area contributed by atoms with Crippen LogP contribution in [0.15, 0.2) is 35.2 Å². The lowest BCUT2D eigenvalue weighted by molar-refractivity contribution is 0.0601. The first kappa shape index (κ1) is 15.2. The number of halogens is 1. The second-order valence-electron chi connectivity index (χ2n) is 4.48. The third kappa shape index (κ3) is 2.95. The molecule has 0 aromatic heterocycles. The summed E-state index contributed by atoms with van der Waals surface area (Å²) in [5.74, 6) is -1.37. The number of thiol groups is 1. The first-order valence-electron chi connectivity index (χ1n) is 6.17. The van der Waals surface area contributed by atoms with Crippen molar-refractivity contribution in [2.45, 2.75) is 11.8 Å². The second-order valence-corrected chi connectivity index (χ2v) is 4.93. The number of anilines is 3. The topological polar surface area (TPSA) is 64.3 Å². The smallest absolute Gasteiger partial charge is 0.340 e. The number of rotatable bonds is 3. The van der Waals surface area contributed by atoms with Crippen LogP contribution in [-0.2, 0) is 4.74 Å². The van der Waals surface area contributed by atoms with Crippen LogP contribution in [0, 0.1) is 12.7 Å². The van der Waals surface area contributed by atoms with E-state index in [0.717, 1.165) is 5.56 Å². The van der Waals surface area contributed by atoms with Crippen LogP contribution in [0.1, 0.15) is 15.9 Å². The van der Waals surface area contributed by atoms with Crippen LogP contribution < -0.4 is 11.1 Å². The number of hydrogen-bond donors (Lipinski definition) is 3. The van der Waals surface area contributed by atoms with Crippen LogP contribution in [0.3, 0.4) is 0 Å². The molecule has 6 heteroatoms. The fraction of sp³-hybridized carbons (Fsp3) is 0.133. The van der Waals surface area contributed by atoms with Gasteiger partial charge >= 0.3 is 5.97 Å². The molecule has 4 nitrogen and oxygen atoms in total. The van der Waals surface area contributed by atoms with Crippen LogP contribution in [0.4, 0.5) is 21.5 Å². The van der Waals surface area contributed by atoms with Gasteiger partial charge in [-0.1, -0.05) is 18.2 Å². The second kappa shape index (κ2) is 6.05. The normalized spacial score (nSPS) is 10.3. The molecule has 0 heterocycles. The van der Waals surface area contributed by atoms with Crippen molar-refractivity contribution in [2.24, 2.45) is 0 Å². The van der Waals surface area contributed by atoms with Crippen LogP contribution in [0.2, 0.25) is 0 Å². The van der Waals surface area contributed by atoms with Gasteiger partial charge in [0, 0.05) is 11.4 Å². The van der Waals surface area contributed by atoms with E-state index in [-0.39, 0.29) is 21.8 Å². The molecule has 2 aromatic carbocycles. The number of ether oxygens (including phenoxy) is 1. The SMILES string of the molecule is COC(=O)c1cc(N)c(S)c(F)c1Nc1ccccc1C. The fourth-order valence-corrected chi connectivity index (χ4v) is 2.08. The zero-order chi connectivity index (χ0) is 15.6. The Labute approximate surface area is 127 Å². The van der Waals surface area contributed by atoms with E-state index in [1.165, 1.54) is 13.2 Å². The molecule has 0 bridgehead atoms. The Hall–Kier alpha value is -2.21. The molecule has 0 unspecified atom stereocenters. The van der Waals surface area contributed by atoms with Gasteiger partial charge in [-0.3, -0.25) is 0 Å². The number of methoxy groups -OCH3 is 1. The largest absolute Gasteiger partial charge is 0.465 e. The number of nitrogens with two attached hydrogens (primary N) is 1. The highest BCUT2D eigenvalue weighted by molar-refractivity contribution is 7.80. The summed E-state index contributed by atoms with van der Waals surface area (Å²) in [6, 6.07) is 8.67. The third-order valence-corrected chi connectivity index (χ3v) is 3.53. The zero-order valence-corrected chi connectivity index (χ0v) is 12.5. The van der Waals surface area contributed by atoms with Crippen molar-refractivity contribution in [3.05, 3.63) is 47.3 Å². The Morgan fingerprint density at radius 1 is 1.38 bits per heavy atom. The van der Waals surface area contributed by atoms with E-state index in [1.807, 2.05) is 25.1 Å². The van der Waals surface area contributed by atoms with Gasteiger partial charge in [0.1, 0.15) is 0 Å². The number of hydrogen-bond acceptors (Lipinski definition) is 5. The van der Waals surface area contributed by atoms with Gasteiger partial charge in [0.25, 0.3) is 0 Å². The standard InChI is InChI=1S/C15H15FN2O2S/c1-8-5-3-4-6-11(8)18-13-9(15(19)20-2)7-10(17)14(21)12(13)16/h3-7,18,21H,17H2,1-2H3. The maximum Gasteiger partial charge on any atom is 0.340 e. The van der Waals surface area contributed by atoms with Crippen molar-refractivity contribution in [1.29, 1.82) is 0 Å². The van der Waals surface area contributed by atoms with Gasteiger partial charge in [-0.2, -0.15) is 0 Å². The Bertz CT molecular complexity index is 704. The van der Waals surface area contributed by atoms with E-state index in [2.05, 4.69) is 22.7 Å². The summed E-state index contributed by atoms with van der Waals surface area (Å²) in [5, 5.41) is 2.91. The molecule has 0 atom stereocenters. The van der Waals surface area contributed by atoms with E-state index >= 15 is 0 Å². The maximum atomic E-state index is 14.4. The number of para-hydroxylation sites is 1. The molecule has 0 radical (unpaired) electrons. The molecule has 21 heavy (non-hydrogen) atoms. The lowest BCUT2D eigenvalue weighted by atomic mass is 10.1. The van der Waals surface area contributed by atoms with Gasteiger partial charge in [0.2, 0.25) is 0 Å². The quantitative estimate of drug-likeness (QED) is 0.461. The zero-order valence-electron chi connectivity index (χ0n) is 11.6. The monoisotopic (exact) mass is 306 g/mol. The van der Waals surface area contributed by atoms with E-state index in [9.17, 15) is 9.18 Å². The van der Waals surface area contributed by atoms with Crippen LogP contribution >= 0.6 is 12.6 Å². The minimum Gasteiger partial charge on any atom is -0.465 e. The van der Waals surface area contributed by atoms with Crippen molar-refractivity contribution in [3.8, 4) is 0 Å². The highest BCUT2D eigenvalue weighted by Gasteiger charge is 2.21. The Morgan fingerprint density at radius 2 is 2.05 bits per heavy atom. The van der Waals surface area contributed by atoms with Gasteiger partial charge in [-0.25, -0.2) is 9.18 Å². The molecular weight excluding hydrogens is 291 g/mol. The number of esters is 1. The Balaban J connectivity index is 2.59. The Morgan fingerprint density at radius 3 is 2.67 bits per heavy atom. The number of carbonyl (C=O) groups is 1. The van der Waals surface area contributed by atoms with E-state index in [1.54, 1.807) is 6.07 Å². The first-order valence-corrected chi connectivity index (χ1v) is 6.62. The van der Waals surface area contributed by atoms with Crippen molar-refractivity contribution in [2.75, 3.05) is 18.2 Å². The maximum absolute atomic E-state index is 14.4. The number of nitrogen functional groups attached to an aromatic ring is 1. The third-order valence-electron chi connectivity index (χ3n) is 3.08. The molecule has 0 saturated heterocycles. The molecule has 0 saturated carbocycles. The summed E-state index contributed by atoms with van der Waals surface area (Å²) in [6.07, 6.45) is 0. The van der Waals surface area contributed by atoms with Crippen molar-refractivity contribution >= 4 is 35.7 Å². The molecule has 110 valence electrons.